The molecule has 0 bridgehead atoms. The molecule has 5 heteroatoms. The lowest BCUT2D eigenvalue weighted by molar-refractivity contribution is 0.0683. The highest BCUT2D eigenvalue weighted by molar-refractivity contribution is 5.83. The van der Waals surface area contributed by atoms with E-state index in [0.29, 0.717) is 17.8 Å². The summed E-state index contributed by atoms with van der Waals surface area (Å²) >= 11 is 0. The van der Waals surface area contributed by atoms with Crippen LogP contribution in [-0.2, 0) is 0 Å². The third-order valence-corrected chi connectivity index (χ3v) is 3.08. The van der Waals surface area contributed by atoms with E-state index in [4.69, 9.17) is 5.11 Å². The number of nitrogens with one attached hydrogen (secondary N) is 1. The van der Waals surface area contributed by atoms with Crippen molar-refractivity contribution in [2.75, 3.05) is 5.32 Å². The van der Waals surface area contributed by atoms with Gasteiger partial charge in [-0.15, -0.1) is 0 Å². The lowest BCUT2D eigenvalue weighted by atomic mass is 9.80. The van der Waals surface area contributed by atoms with Gasteiger partial charge in [-0.05, 0) is 31.7 Å². The summed E-state index contributed by atoms with van der Waals surface area (Å²) in [6.07, 6.45) is 5.24. The second kappa shape index (κ2) is 4.47. The zero-order chi connectivity index (χ0) is 11.5. The molecule has 1 aromatic heterocycles. The molecule has 1 saturated carbocycles. The highest BCUT2D eigenvalue weighted by Crippen LogP contribution is 2.30. The molecule has 0 spiro atoms. The van der Waals surface area contributed by atoms with Crippen LogP contribution >= 0.6 is 0 Å². The SMILES string of the molecule is CC(Nc1ccnc(C(=O)O)n1)C1CCC1. The third kappa shape index (κ3) is 2.29. The van der Waals surface area contributed by atoms with Crippen molar-refractivity contribution in [3.63, 3.8) is 0 Å². The Kier molecular flexibility index (Phi) is 3.03. The number of carboxylic acid groups (broad SMARTS) is 1. The normalized spacial score (nSPS) is 17.6. The summed E-state index contributed by atoms with van der Waals surface area (Å²) in [5, 5.41) is 12.0. The van der Waals surface area contributed by atoms with E-state index in [2.05, 4.69) is 22.2 Å². The van der Waals surface area contributed by atoms with Gasteiger partial charge in [-0.2, -0.15) is 0 Å². The van der Waals surface area contributed by atoms with Gasteiger partial charge in [-0.25, -0.2) is 14.8 Å². The van der Waals surface area contributed by atoms with E-state index < -0.39 is 5.97 Å². The van der Waals surface area contributed by atoms with Gasteiger partial charge in [-0.1, -0.05) is 6.42 Å². The van der Waals surface area contributed by atoms with Crippen LogP contribution in [0.3, 0.4) is 0 Å². The Morgan fingerprint density at radius 3 is 2.94 bits per heavy atom. The van der Waals surface area contributed by atoms with Gasteiger partial charge in [0.25, 0.3) is 0 Å². The number of hydrogen-bond acceptors (Lipinski definition) is 4. The van der Waals surface area contributed by atoms with Crippen LogP contribution in [0.2, 0.25) is 0 Å². The molecule has 1 fully saturated rings. The van der Waals surface area contributed by atoms with E-state index in [1.54, 1.807) is 6.07 Å². The minimum Gasteiger partial charge on any atom is -0.475 e. The molecule has 0 amide bonds. The summed E-state index contributed by atoms with van der Waals surface area (Å²) in [6.45, 7) is 2.10. The van der Waals surface area contributed by atoms with Crippen molar-refractivity contribution in [1.29, 1.82) is 0 Å². The number of hydrogen-bond donors (Lipinski definition) is 2. The predicted molar refractivity (Wildman–Crippen MR) is 59.4 cm³/mol. The molecule has 1 aliphatic rings. The Labute approximate surface area is 93.9 Å². The van der Waals surface area contributed by atoms with Crippen LogP contribution in [0.25, 0.3) is 0 Å². The predicted octanol–water partition coefficient (Wildman–Crippen LogP) is 1.78. The largest absolute Gasteiger partial charge is 0.475 e. The number of carboxylic acids is 1. The molecule has 0 aromatic carbocycles. The summed E-state index contributed by atoms with van der Waals surface area (Å²) in [5.41, 5.74) is 0. The van der Waals surface area contributed by atoms with Gasteiger partial charge in [-0.3, -0.25) is 0 Å². The molecule has 2 rings (SSSR count). The summed E-state index contributed by atoms with van der Waals surface area (Å²) in [4.78, 5) is 18.3. The molecular formula is C11H15N3O2. The van der Waals surface area contributed by atoms with Gasteiger partial charge < -0.3 is 10.4 Å². The van der Waals surface area contributed by atoms with E-state index >= 15 is 0 Å². The van der Waals surface area contributed by atoms with E-state index in [1.807, 2.05) is 0 Å². The lowest BCUT2D eigenvalue weighted by Gasteiger charge is -2.32. The molecule has 2 N–H and O–H groups in total. The second-order valence-corrected chi connectivity index (χ2v) is 4.19. The van der Waals surface area contributed by atoms with Crippen LogP contribution in [0.15, 0.2) is 12.3 Å². The fourth-order valence-electron chi connectivity index (χ4n) is 1.83. The molecule has 1 atom stereocenters. The summed E-state index contributed by atoms with van der Waals surface area (Å²) in [5.74, 6) is 0.0146. The van der Waals surface area contributed by atoms with Crippen molar-refractivity contribution in [3.05, 3.63) is 18.1 Å². The molecule has 86 valence electrons. The van der Waals surface area contributed by atoms with Crippen LogP contribution in [-0.4, -0.2) is 27.1 Å². The first-order valence-electron chi connectivity index (χ1n) is 5.49. The standard InChI is InChI=1S/C11H15N3O2/c1-7(8-3-2-4-8)13-9-5-6-12-10(14-9)11(15)16/h5-8H,2-4H2,1H3,(H,15,16)(H,12,13,14). The zero-order valence-corrected chi connectivity index (χ0v) is 9.18. The molecule has 1 aliphatic carbocycles. The maximum absolute atomic E-state index is 10.7. The number of anilines is 1. The first-order chi connectivity index (χ1) is 7.66. The summed E-state index contributed by atoms with van der Waals surface area (Å²) < 4.78 is 0. The Morgan fingerprint density at radius 1 is 1.62 bits per heavy atom. The van der Waals surface area contributed by atoms with Crippen molar-refractivity contribution in [2.24, 2.45) is 5.92 Å². The fraction of sp³-hybridized carbons (Fsp3) is 0.545. The van der Waals surface area contributed by atoms with Crippen molar-refractivity contribution in [3.8, 4) is 0 Å². The first kappa shape index (κ1) is 10.9. The quantitative estimate of drug-likeness (QED) is 0.810. The lowest BCUT2D eigenvalue weighted by Crippen LogP contribution is -2.31. The van der Waals surface area contributed by atoms with Gasteiger partial charge in [0.2, 0.25) is 5.82 Å². The highest BCUT2D eigenvalue weighted by Gasteiger charge is 2.24. The van der Waals surface area contributed by atoms with Gasteiger partial charge >= 0.3 is 5.97 Å². The first-order valence-corrected chi connectivity index (χ1v) is 5.49. The molecule has 1 heterocycles. The minimum absolute atomic E-state index is 0.161. The van der Waals surface area contributed by atoms with E-state index in [1.165, 1.54) is 25.5 Å². The van der Waals surface area contributed by atoms with Crippen molar-refractivity contribution in [1.82, 2.24) is 9.97 Å². The van der Waals surface area contributed by atoms with Crippen molar-refractivity contribution >= 4 is 11.8 Å². The maximum atomic E-state index is 10.7. The molecule has 0 saturated heterocycles. The van der Waals surface area contributed by atoms with E-state index in [-0.39, 0.29) is 5.82 Å². The Morgan fingerprint density at radius 2 is 2.38 bits per heavy atom. The van der Waals surface area contributed by atoms with Gasteiger partial charge in [0, 0.05) is 12.2 Å². The van der Waals surface area contributed by atoms with E-state index in [0.717, 1.165) is 0 Å². The number of nitrogens with zero attached hydrogens (tertiary/aromatic N) is 2. The van der Waals surface area contributed by atoms with Gasteiger partial charge in [0.15, 0.2) is 0 Å². The van der Waals surface area contributed by atoms with Crippen molar-refractivity contribution < 1.29 is 9.90 Å². The van der Waals surface area contributed by atoms with Crippen LogP contribution < -0.4 is 5.32 Å². The summed E-state index contributed by atoms with van der Waals surface area (Å²) in [6, 6.07) is 2.03. The Hall–Kier alpha value is -1.65. The zero-order valence-electron chi connectivity index (χ0n) is 9.18. The van der Waals surface area contributed by atoms with Crippen LogP contribution in [0.5, 0.6) is 0 Å². The highest BCUT2D eigenvalue weighted by atomic mass is 16.4. The minimum atomic E-state index is -1.10. The Bertz CT molecular complexity index is 391. The molecule has 1 unspecified atom stereocenters. The third-order valence-electron chi connectivity index (χ3n) is 3.08. The Balaban J connectivity index is 2.02. The maximum Gasteiger partial charge on any atom is 0.374 e. The molecule has 0 aliphatic heterocycles. The molecule has 5 nitrogen and oxygen atoms in total. The molecule has 16 heavy (non-hydrogen) atoms. The molecule has 1 aromatic rings. The smallest absolute Gasteiger partial charge is 0.374 e. The fourth-order valence-corrected chi connectivity index (χ4v) is 1.83. The van der Waals surface area contributed by atoms with Gasteiger partial charge in [0.1, 0.15) is 5.82 Å². The van der Waals surface area contributed by atoms with Gasteiger partial charge in [0.05, 0.1) is 0 Å². The monoisotopic (exact) mass is 221 g/mol. The summed E-state index contributed by atoms with van der Waals surface area (Å²) in [7, 11) is 0. The number of aromatic carboxylic acids is 1. The van der Waals surface area contributed by atoms with Crippen LogP contribution in [0.4, 0.5) is 5.82 Å². The average molecular weight is 221 g/mol. The van der Waals surface area contributed by atoms with E-state index in [9.17, 15) is 4.79 Å². The van der Waals surface area contributed by atoms with Crippen molar-refractivity contribution in [2.45, 2.75) is 32.2 Å². The molecule has 0 radical (unpaired) electrons. The average Bonchev–Trinajstić information content (AvgIpc) is 2.15. The molecular weight excluding hydrogens is 206 g/mol. The number of rotatable bonds is 4. The number of carbonyl (C=O) groups is 1. The second-order valence-electron chi connectivity index (χ2n) is 4.19. The van der Waals surface area contributed by atoms with Crippen LogP contribution in [0, 0.1) is 5.92 Å². The van der Waals surface area contributed by atoms with Crippen LogP contribution in [0.1, 0.15) is 36.8 Å². The topological polar surface area (TPSA) is 75.1 Å². The number of aromatic nitrogens is 2.